The molecular weight excluding hydrogens is 355 g/mol. The number of hydrogen-bond acceptors (Lipinski definition) is 4. The smallest absolute Gasteiger partial charge is 0.276 e. The van der Waals surface area contributed by atoms with Gasteiger partial charge in [-0.25, -0.2) is 5.43 Å². The van der Waals surface area contributed by atoms with Crippen LogP contribution >= 0.6 is 34.5 Å². The number of amides is 1. The number of benzene rings is 1. The van der Waals surface area contributed by atoms with Gasteiger partial charge in [-0.15, -0.1) is 11.3 Å². The minimum absolute atomic E-state index is 0.237. The van der Waals surface area contributed by atoms with Gasteiger partial charge in [0.15, 0.2) is 5.69 Å². The first-order chi connectivity index (χ1) is 11.1. The molecule has 3 rings (SSSR count). The summed E-state index contributed by atoms with van der Waals surface area (Å²) in [7, 11) is 0. The first kappa shape index (κ1) is 15.7. The molecule has 0 fully saturated rings. The number of aromatic nitrogens is 2. The van der Waals surface area contributed by atoms with E-state index in [0.29, 0.717) is 14.9 Å². The van der Waals surface area contributed by atoms with Crippen LogP contribution in [0.3, 0.4) is 0 Å². The minimum Gasteiger partial charge on any atom is -0.276 e. The van der Waals surface area contributed by atoms with Crippen molar-refractivity contribution < 1.29 is 4.79 Å². The lowest BCUT2D eigenvalue weighted by molar-refractivity contribution is 0.0950. The molecule has 0 spiro atoms. The molecule has 1 amide bonds. The fourth-order valence-corrected chi connectivity index (χ4v) is 3.01. The summed E-state index contributed by atoms with van der Waals surface area (Å²) in [5, 5.41) is 11.2. The highest BCUT2D eigenvalue weighted by Crippen LogP contribution is 2.29. The van der Waals surface area contributed by atoms with Crippen LogP contribution in [0.4, 0.5) is 0 Å². The zero-order chi connectivity index (χ0) is 16.2. The Bertz CT molecular complexity index is 872. The molecule has 0 aliphatic carbocycles. The van der Waals surface area contributed by atoms with Gasteiger partial charge in [-0.05, 0) is 24.3 Å². The molecule has 8 heteroatoms. The zero-order valence-electron chi connectivity index (χ0n) is 11.6. The molecule has 0 aliphatic heterocycles. The molecule has 0 unspecified atom stereocenters. The van der Waals surface area contributed by atoms with E-state index >= 15 is 0 Å². The van der Waals surface area contributed by atoms with Gasteiger partial charge in [-0.3, -0.25) is 9.89 Å². The maximum absolute atomic E-state index is 12.0. The van der Waals surface area contributed by atoms with Crippen molar-refractivity contribution in [3.8, 4) is 10.6 Å². The average Bonchev–Trinajstić information content (AvgIpc) is 3.18. The van der Waals surface area contributed by atoms with E-state index < -0.39 is 5.91 Å². The van der Waals surface area contributed by atoms with Crippen LogP contribution < -0.4 is 5.43 Å². The Labute approximate surface area is 145 Å². The summed E-state index contributed by atoms with van der Waals surface area (Å²) < 4.78 is 0.671. The molecule has 0 aliphatic rings. The zero-order valence-corrected chi connectivity index (χ0v) is 13.9. The maximum atomic E-state index is 12.0. The van der Waals surface area contributed by atoms with Gasteiger partial charge in [-0.2, -0.15) is 10.2 Å². The van der Waals surface area contributed by atoms with Gasteiger partial charge in [0.1, 0.15) is 0 Å². The highest BCUT2D eigenvalue weighted by molar-refractivity contribution is 7.19. The fraction of sp³-hybridized carbons (Fsp3) is 0. The molecule has 1 aromatic carbocycles. The number of thiophene rings is 1. The van der Waals surface area contributed by atoms with Gasteiger partial charge in [-0.1, -0.05) is 41.4 Å². The molecule has 2 heterocycles. The minimum atomic E-state index is -0.418. The molecule has 0 bridgehead atoms. The highest BCUT2D eigenvalue weighted by Gasteiger charge is 2.12. The molecule has 0 saturated heterocycles. The van der Waals surface area contributed by atoms with Crippen LogP contribution in [0.2, 0.25) is 9.36 Å². The Morgan fingerprint density at radius 1 is 1.26 bits per heavy atom. The predicted octanol–water partition coefficient (Wildman–Crippen LogP) is 4.21. The molecule has 5 nitrogen and oxygen atoms in total. The lowest BCUT2D eigenvalue weighted by Gasteiger charge is -1.97. The summed E-state index contributed by atoms with van der Waals surface area (Å²) >= 11 is 13.3. The van der Waals surface area contributed by atoms with Gasteiger partial charge in [0.2, 0.25) is 0 Å². The SMILES string of the molecule is O=C(N/N=C/c1ccccc1Cl)c1cc(-c2ccc(Cl)s2)[nH]n1. The summed E-state index contributed by atoms with van der Waals surface area (Å²) in [5.41, 5.74) is 4.09. The van der Waals surface area contributed by atoms with Gasteiger partial charge in [0.25, 0.3) is 5.91 Å². The van der Waals surface area contributed by atoms with E-state index in [9.17, 15) is 4.79 Å². The number of hydrogen-bond donors (Lipinski definition) is 2. The number of carbonyl (C=O) groups excluding carboxylic acids is 1. The fourth-order valence-electron chi connectivity index (χ4n) is 1.82. The van der Waals surface area contributed by atoms with Crippen molar-refractivity contribution in [2.75, 3.05) is 0 Å². The topological polar surface area (TPSA) is 70.1 Å². The van der Waals surface area contributed by atoms with Crippen molar-refractivity contribution in [3.05, 3.63) is 63.1 Å². The highest BCUT2D eigenvalue weighted by atomic mass is 35.5. The van der Waals surface area contributed by atoms with Gasteiger partial charge in [0, 0.05) is 10.6 Å². The molecule has 0 saturated carbocycles. The Kier molecular flexibility index (Phi) is 4.76. The first-order valence-corrected chi connectivity index (χ1v) is 8.10. The number of carbonyl (C=O) groups is 1. The van der Waals surface area contributed by atoms with Crippen molar-refractivity contribution in [2.24, 2.45) is 5.10 Å². The average molecular weight is 365 g/mol. The number of hydrazone groups is 1. The second kappa shape index (κ2) is 6.95. The molecular formula is C15H10Cl2N4OS. The summed E-state index contributed by atoms with van der Waals surface area (Å²) in [6, 6.07) is 12.5. The van der Waals surface area contributed by atoms with Crippen LogP contribution in [0.15, 0.2) is 47.6 Å². The molecule has 2 aromatic heterocycles. The van der Waals surface area contributed by atoms with Crippen LogP contribution in [0.25, 0.3) is 10.6 Å². The molecule has 0 radical (unpaired) electrons. The van der Waals surface area contributed by atoms with Crippen LogP contribution in [0.1, 0.15) is 16.1 Å². The standard InChI is InChI=1S/C15H10Cl2N4OS/c16-10-4-2-1-3-9(10)8-18-21-15(22)12-7-11(19-20-12)13-5-6-14(17)23-13/h1-8H,(H,19,20)(H,21,22)/b18-8+. The second-order valence-electron chi connectivity index (χ2n) is 4.49. The van der Waals surface area contributed by atoms with E-state index in [0.717, 1.165) is 10.6 Å². The van der Waals surface area contributed by atoms with Crippen molar-refractivity contribution in [3.63, 3.8) is 0 Å². The quantitative estimate of drug-likeness (QED) is 0.537. The summed E-state index contributed by atoms with van der Waals surface area (Å²) in [6.45, 7) is 0. The Morgan fingerprint density at radius 3 is 2.83 bits per heavy atom. The number of halogens is 2. The molecule has 116 valence electrons. The monoisotopic (exact) mass is 364 g/mol. The number of nitrogens with one attached hydrogen (secondary N) is 2. The van der Waals surface area contributed by atoms with Gasteiger partial charge in [0.05, 0.1) is 21.1 Å². The van der Waals surface area contributed by atoms with E-state index in [1.807, 2.05) is 18.2 Å². The Morgan fingerprint density at radius 2 is 2.09 bits per heavy atom. The molecule has 2 N–H and O–H groups in total. The number of rotatable bonds is 4. The van der Waals surface area contributed by atoms with Crippen LogP contribution in [-0.2, 0) is 0 Å². The van der Waals surface area contributed by atoms with Gasteiger partial charge < -0.3 is 0 Å². The lowest BCUT2D eigenvalue weighted by atomic mass is 10.2. The lowest BCUT2D eigenvalue weighted by Crippen LogP contribution is -2.18. The van der Waals surface area contributed by atoms with E-state index in [1.54, 1.807) is 24.3 Å². The van der Waals surface area contributed by atoms with E-state index in [2.05, 4.69) is 20.7 Å². The third-order valence-electron chi connectivity index (χ3n) is 2.92. The largest absolute Gasteiger partial charge is 0.291 e. The van der Waals surface area contributed by atoms with Crippen LogP contribution in [0.5, 0.6) is 0 Å². The molecule has 0 atom stereocenters. The predicted molar refractivity (Wildman–Crippen MR) is 93.4 cm³/mol. The number of H-pyrrole nitrogens is 1. The summed E-state index contributed by atoms with van der Waals surface area (Å²) in [5.74, 6) is -0.418. The normalized spacial score (nSPS) is 11.0. The van der Waals surface area contributed by atoms with Gasteiger partial charge >= 0.3 is 0 Å². The summed E-state index contributed by atoms with van der Waals surface area (Å²) in [4.78, 5) is 12.9. The maximum Gasteiger partial charge on any atom is 0.291 e. The van der Waals surface area contributed by atoms with E-state index in [1.165, 1.54) is 17.6 Å². The third-order valence-corrected chi connectivity index (χ3v) is 4.53. The third kappa shape index (κ3) is 3.79. The first-order valence-electron chi connectivity index (χ1n) is 6.52. The van der Waals surface area contributed by atoms with Crippen LogP contribution in [-0.4, -0.2) is 22.3 Å². The van der Waals surface area contributed by atoms with Crippen molar-refractivity contribution in [2.45, 2.75) is 0 Å². The number of aromatic amines is 1. The van der Waals surface area contributed by atoms with Crippen molar-refractivity contribution >= 4 is 46.7 Å². The van der Waals surface area contributed by atoms with Crippen molar-refractivity contribution in [1.29, 1.82) is 0 Å². The number of nitrogens with zero attached hydrogens (tertiary/aromatic N) is 2. The second-order valence-corrected chi connectivity index (χ2v) is 6.61. The summed E-state index contributed by atoms with van der Waals surface area (Å²) in [6.07, 6.45) is 1.48. The Balaban J connectivity index is 1.67. The molecule has 3 aromatic rings. The van der Waals surface area contributed by atoms with E-state index in [-0.39, 0.29) is 5.69 Å². The molecule has 23 heavy (non-hydrogen) atoms. The van der Waals surface area contributed by atoms with Crippen LogP contribution in [0, 0.1) is 0 Å². The Hall–Kier alpha value is -2.15. The van der Waals surface area contributed by atoms with E-state index in [4.69, 9.17) is 23.2 Å². The van der Waals surface area contributed by atoms with Crippen molar-refractivity contribution in [1.82, 2.24) is 15.6 Å².